The second-order valence-electron chi connectivity index (χ2n) is 5.65. The lowest BCUT2D eigenvalue weighted by molar-refractivity contribution is 0.250. The second kappa shape index (κ2) is 4.90. The first kappa shape index (κ1) is 13.1. The van der Waals surface area contributed by atoms with Gasteiger partial charge in [0.25, 0.3) is 0 Å². The smallest absolute Gasteiger partial charge is 0.246 e. The molecular weight excluding hydrogens is 254 g/mol. The van der Waals surface area contributed by atoms with Gasteiger partial charge in [0.05, 0.1) is 18.1 Å². The molecule has 106 valence electrons. The molecule has 1 aromatic carbocycles. The van der Waals surface area contributed by atoms with Crippen LogP contribution in [0.2, 0.25) is 0 Å². The molecule has 0 fully saturated rings. The van der Waals surface area contributed by atoms with Crippen LogP contribution in [0.3, 0.4) is 0 Å². The maximum absolute atomic E-state index is 5.77. The van der Waals surface area contributed by atoms with Crippen LogP contribution in [0, 0.1) is 0 Å². The summed E-state index contributed by atoms with van der Waals surface area (Å²) in [5, 5.41) is 7.28. The maximum atomic E-state index is 5.77. The highest BCUT2D eigenvalue weighted by Gasteiger charge is 2.30. The molecular formula is C15H19N3O2. The van der Waals surface area contributed by atoms with Crippen LogP contribution in [0.25, 0.3) is 0 Å². The number of nitrogens with one attached hydrogen (secondary N) is 1. The van der Waals surface area contributed by atoms with Gasteiger partial charge in [-0.2, -0.15) is 4.98 Å². The number of benzene rings is 1. The molecule has 0 saturated heterocycles. The monoisotopic (exact) mass is 273 g/mol. The molecule has 1 aliphatic heterocycles. The highest BCUT2D eigenvalue weighted by molar-refractivity contribution is 5.36. The Kier molecular flexibility index (Phi) is 3.22. The van der Waals surface area contributed by atoms with Gasteiger partial charge in [0.2, 0.25) is 5.89 Å². The number of rotatable bonds is 3. The van der Waals surface area contributed by atoms with E-state index in [1.54, 1.807) is 0 Å². The predicted octanol–water partition coefficient (Wildman–Crippen LogP) is 2.24. The highest BCUT2D eigenvalue weighted by atomic mass is 16.5. The summed E-state index contributed by atoms with van der Waals surface area (Å²) in [5.74, 6) is 2.43. The van der Waals surface area contributed by atoms with Gasteiger partial charge in [-0.25, -0.2) is 0 Å². The average Bonchev–Trinajstić information content (AvgIpc) is 2.97. The van der Waals surface area contributed by atoms with Gasteiger partial charge in [0.15, 0.2) is 5.82 Å². The van der Waals surface area contributed by atoms with E-state index in [4.69, 9.17) is 9.26 Å². The van der Waals surface area contributed by atoms with Crippen LogP contribution in [-0.4, -0.2) is 23.8 Å². The quantitative estimate of drug-likeness (QED) is 0.929. The van der Waals surface area contributed by atoms with Gasteiger partial charge >= 0.3 is 0 Å². The molecule has 5 nitrogen and oxygen atoms in total. The van der Waals surface area contributed by atoms with E-state index in [9.17, 15) is 0 Å². The summed E-state index contributed by atoms with van der Waals surface area (Å²) in [6.07, 6.45) is 0.884. The fourth-order valence-electron chi connectivity index (χ4n) is 2.26. The summed E-state index contributed by atoms with van der Waals surface area (Å²) in [6, 6.07) is 8.09. The van der Waals surface area contributed by atoms with Gasteiger partial charge in [-0.15, -0.1) is 0 Å². The van der Waals surface area contributed by atoms with Crippen molar-refractivity contribution in [3.05, 3.63) is 41.5 Å². The minimum Gasteiger partial charge on any atom is -0.493 e. The molecule has 1 atom stereocenters. The molecule has 0 saturated carbocycles. The van der Waals surface area contributed by atoms with E-state index in [0.717, 1.165) is 18.0 Å². The third-order valence-electron chi connectivity index (χ3n) is 3.85. The van der Waals surface area contributed by atoms with E-state index in [2.05, 4.69) is 21.5 Å². The lowest BCUT2D eigenvalue weighted by Gasteiger charge is -2.23. The molecule has 0 bridgehead atoms. The Balaban J connectivity index is 1.82. The number of hydrogen-bond donors (Lipinski definition) is 1. The molecule has 5 heteroatoms. The second-order valence-corrected chi connectivity index (χ2v) is 5.65. The topological polar surface area (TPSA) is 60.2 Å². The van der Waals surface area contributed by atoms with Crippen molar-refractivity contribution in [3.63, 3.8) is 0 Å². The van der Waals surface area contributed by atoms with Crippen molar-refractivity contribution in [1.82, 2.24) is 15.5 Å². The average molecular weight is 273 g/mol. The van der Waals surface area contributed by atoms with Gasteiger partial charge in [-0.05, 0) is 38.9 Å². The molecule has 0 spiro atoms. The number of fused-ring (bicyclic) bond motifs is 1. The van der Waals surface area contributed by atoms with E-state index < -0.39 is 0 Å². The number of nitrogens with zero attached hydrogens (tertiary/aromatic N) is 2. The molecule has 1 unspecified atom stereocenters. The number of ether oxygens (including phenoxy) is 1. The summed E-state index contributed by atoms with van der Waals surface area (Å²) >= 11 is 0. The lowest BCUT2D eigenvalue weighted by atomic mass is 9.96. The number of aromatic nitrogens is 2. The first-order valence-corrected chi connectivity index (χ1v) is 6.84. The Bertz CT molecular complexity index is 607. The van der Waals surface area contributed by atoms with Crippen molar-refractivity contribution in [3.8, 4) is 5.75 Å². The Morgan fingerprint density at radius 3 is 2.90 bits per heavy atom. The van der Waals surface area contributed by atoms with Gasteiger partial charge in [0, 0.05) is 0 Å². The first-order valence-electron chi connectivity index (χ1n) is 6.84. The third-order valence-corrected chi connectivity index (χ3v) is 3.85. The van der Waals surface area contributed by atoms with E-state index in [1.807, 2.05) is 39.1 Å². The van der Waals surface area contributed by atoms with Crippen molar-refractivity contribution in [2.45, 2.75) is 31.7 Å². The predicted molar refractivity (Wildman–Crippen MR) is 74.8 cm³/mol. The molecule has 0 radical (unpaired) electrons. The first-order chi connectivity index (χ1) is 9.60. The molecule has 2 aromatic rings. The van der Waals surface area contributed by atoms with E-state index in [0.29, 0.717) is 12.5 Å². The zero-order chi connectivity index (χ0) is 14.2. The van der Waals surface area contributed by atoms with Crippen LogP contribution in [0.1, 0.15) is 37.0 Å². The zero-order valence-electron chi connectivity index (χ0n) is 12.0. The van der Waals surface area contributed by atoms with Crippen molar-refractivity contribution < 1.29 is 9.26 Å². The van der Waals surface area contributed by atoms with Crippen LogP contribution in [0.15, 0.2) is 28.8 Å². The van der Waals surface area contributed by atoms with E-state index in [1.165, 1.54) is 5.56 Å². The van der Waals surface area contributed by atoms with Gasteiger partial charge in [0.1, 0.15) is 5.75 Å². The van der Waals surface area contributed by atoms with E-state index >= 15 is 0 Å². The number of para-hydroxylation sites is 1. The Labute approximate surface area is 118 Å². The lowest BCUT2D eigenvalue weighted by Crippen LogP contribution is -2.33. The highest BCUT2D eigenvalue weighted by Crippen LogP contribution is 2.31. The molecule has 1 aromatic heterocycles. The minimum atomic E-state index is -0.321. The summed E-state index contributed by atoms with van der Waals surface area (Å²) in [5.41, 5.74) is 0.876. The fraction of sp³-hybridized carbons (Fsp3) is 0.467. The summed E-state index contributed by atoms with van der Waals surface area (Å²) in [6.45, 7) is 4.61. The van der Waals surface area contributed by atoms with Crippen molar-refractivity contribution in [1.29, 1.82) is 0 Å². The molecule has 3 rings (SSSR count). The molecule has 20 heavy (non-hydrogen) atoms. The van der Waals surface area contributed by atoms with Crippen LogP contribution < -0.4 is 10.1 Å². The molecule has 2 heterocycles. The van der Waals surface area contributed by atoms with Crippen LogP contribution >= 0.6 is 0 Å². The minimum absolute atomic E-state index is 0.148. The Hall–Kier alpha value is -1.88. The standard InChI is InChI=1S/C15H19N3O2/c1-15(2,16-3)14-17-13(18-20-14)11-8-10-6-4-5-7-12(10)19-9-11/h4-7,11,16H,8-9H2,1-3H3. The Morgan fingerprint density at radius 1 is 1.30 bits per heavy atom. The van der Waals surface area contributed by atoms with Crippen LogP contribution in [0.5, 0.6) is 5.75 Å². The zero-order valence-corrected chi connectivity index (χ0v) is 12.0. The van der Waals surface area contributed by atoms with Crippen molar-refractivity contribution in [2.24, 2.45) is 0 Å². The van der Waals surface area contributed by atoms with Crippen LogP contribution in [-0.2, 0) is 12.0 Å². The maximum Gasteiger partial charge on any atom is 0.246 e. The van der Waals surface area contributed by atoms with Crippen LogP contribution in [0.4, 0.5) is 0 Å². The summed E-state index contributed by atoms with van der Waals surface area (Å²) < 4.78 is 11.2. The largest absolute Gasteiger partial charge is 0.493 e. The normalized spacial score (nSPS) is 18.4. The summed E-state index contributed by atoms with van der Waals surface area (Å²) in [7, 11) is 1.88. The van der Waals surface area contributed by atoms with Gasteiger partial charge < -0.3 is 14.6 Å². The fourth-order valence-corrected chi connectivity index (χ4v) is 2.26. The van der Waals surface area contributed by atoms with Gasteiger partial charge in [-0.1, -0.05) is 23.4 Å². The van der Waals surface area contributed by atoms with Crippen molar-refractivity contribution in [2.75, 3.05) is 13.7 Å². The molecule has 0 aliphatic carbocycles. The van der Waals surface area contributed by atoms with Gasteiger partial charge in [-0.3, -0.25) is 0 Å². The third kappa shape index (κ3) is 2.29. The summed E-state index contributed by atoms with van der Waals surface area (Å²) in [4.78, 5) is 4.53. The van der Waals surface area contributed by atoms with Crippen molar-refractivity contribution >= 4 is 0 Å². The Morgan fingerprint density at radius 2 is 2.10 bits per heavy atom. The molecule has 1 aliphatic rings. The van der Waals surface area contributed by atoms with E-state index in [-0.39, 0.29) is 11.5 Å². The SMILES string of the molecule is CNC(C)(C)c1nc(C2COc3ccccc3C2)no1. The molecule has 0 amide bonds. The molecule has 1 N–H and O–H groups in total. The number of hydrogen-bond acceptors (Lipinski definition) is 5.